The van der Waals surface area contributed by atoms with Crippen molar-refractivity contribution < 1.29 is 4.74 Å². The van der Waals surface area contributed by atoms with E-state index in [9.17, 15) is 0 Å². The number of hydrogen-bond acceptors (Lipinski definition) is 3. The summed E-state index contributed by atoms with van der Waals surface area (Å²) < 4.78 is 5.50. The molecule has 1 aliphatic carbocycles. The Morgan fingerprint density at radius 2 is 1.94 bits per heavy atom. The van der Waals surface area contributed by atoms with Crippen molar-refractivity contribution in [2.75, 3.05) is 45.9 Å². The van der Waals surface area contributed by atoms with E-state index >= 15 is 0 Å². The molecule has 0 unspecified atom stereocenters. The lowest BCUT2D eigenvalue weighted by molar-refractivity contribution is -0.168. The van der Waals surface area contributed by atoms with Crippen molar-refractivity contribution in [1.29, 1.82) is 0 Å². The van der Waals surface area contributed by atoms with Crippen molar-refractivity contribution in [2.45, 2.75) is 25.7 Å². The normalized spacial score (nSPS) is 30.8. The topological polar surface area (TPSA) is 24.5 Å². The molecule has 0 aromatic carbocycles. The smallest absolute Gasteiger partial charge is 0.0547 e. The maximum atomic E-state index is 5.50. The van der Waals surface area contributed by atoms with Crippen LogP contribution < -0.4 is 5.32 Å². The number of nitrogens with one attached hydrogen (secondary N) is 1. The molecule has 1 saturated carbocycles. The molecule has 0 aromatic rings. The van der Waals surface area contributed by atoms with E-state index in [1.165, 1.54) is 58.4 Å². The molecule has 3 nitrogen and oxygen atoms in total. The quantitative estimate of drug-likeness (QED) is 0.774. The van der Waals surface area contributed by atoms with E-state index in [0.717, 1.165) is 19.1 Å². The van der Waals surface area contributed by atoms with E-state index in [1.54, 1.807) is 0 Å². The van der Waals surface area contributed by atoms with E-state index in [4.69, 9.17) is 4.74 Å². The molecule has 3 aliphatic rings. The zero-order valence-electron chi connectivity index (χ0n) is 10.2. The first-order valence-corrected chi connectivity index (χ1v) is 6.90. The second kappa shape index (κ2) is 4.63. The summed E-state index contributed by atoms with van der Waals surface area (Å²) in [6.45, 7) is 8.21. The molecule has 92 valence electrons. The lowest BCUT2D eigenvalue weighted by Crippen LogP contribution is -2.53. The average Bonchev–Trinajstić information content (AvgIpc) is 2.20. The molecular formula is C13H24N2O. The monoisotopic (exact) mass is 224 g/mol. The van der Waals surface area contributed by atoms with Crippen molar-refractivity contribution in [2.24, 2.45) is 11.3 Å². The zero-order chi connectivity index (χ0) is 10.8. The fourth-order valence-electron chi connectivity index (χ4n) is 3.28. The zero-order valence-corrected chi connectivity index (χ0v) is 10.2. The number of ether oxygens (including phenoxy) is 1. The summed E-state index contributed by atoms with van der Waals surface area (Å²) in [4.78, 5) is 2.62. The van der Waals surface area contributed by atoms with Crippen LogP contribution in [0.3, 0.4) is 0 Å². The number of rotatable bonds is 4. The lowest BCUT2D eigenvalue weighted by atomic mass is 9.62. The molecular weight excluding hydrogens is 200 g/mol. The van der Waals surface area contributed by atoms with Crippen molar-refractivity contribution in [3.63, 3.8) is 0 Å². The van der Waals surface area contributed by atoms with Crippen molar-refractivity contribution >= 4 is 0 Å². The predicted molar refractivity (Wildman–Crippen MR) is 64.5 cm³/mol. The molecule has 2 heterocycles. The van der Waals surface area contributed by atoms with Gasteiger partial charge in [-0.05, 0) is 31.7 Å². The molecule has 2 saturated heterocycles. The van der Waals surface area contributed by atoms with Gasteiger partial charge in [-0.2, -0.15) is 0 Å². The van der Waals surface area contributed by atoms with Crippen molar-refractivity contribution in [3.8, 4) is 0 Å². The number of nitrogens with zero attached hydrogens (tertiary/aromatic N) is 1. The fourth-order valence-corrected chi connectivity index (χ4v) is 3.28. The average molecular weight is 224 g/mol. The third kappa shape index (κ3) is 2.01. The SMILES string of the molecule is C1CC(C2(CCN3CCNCC3)COC2)C1. The first-order valence-electron chi connectivity index (χ1n) is 6.90. The maximum absolute atomic E-state index is 5.50. The van der Waals surface area contributed by atoms with Gasteiger partial charge in [-0.15, -0.1) is 0 Å². The highest BCUT2D eigenvalue weighted by Gasteiger charge is 2.47. The largest absolute Gasteiger partial charge is 0.380 e. The standard InChI is InChI=1S/C13H24N2O/c1-2-12(3-1)13(10-16-11-13)4-7-15-8-5-14-6-9-15/h12,14H,1-11H2. The van der Waals surface area contributed by atoms with Gasteiger partial charge in [0, 0.05) is 31.6 Å². The Balaban J connectivity index is 1.48. The summed E-state index contributed by atoms with van der Waals surface area (Å²) in [5, 5.41) is 3.42. The van der Waals surface area contributed by atoms with E-state index in [2.05, 4.69) is 10.2 Å². The van der Waals surface area contributed by atoms with Crippen molar-refractivity contribution in [1.82, 2.24) is 10.2 Å². The van der Waals surface area contributed by atoms with Crippen LogP contribution in [0.2, 0.25) is 0 Å². The lowest BCUT2D eigenvalue weighted by Gasteiger charge is -2.51. The molecule has 0 bridgehead atoms. The minimum atomic E-state index is 0.586. The summed E-state index contributed by atoms with van der Waals surface area (Å²) >= 11 is 0. The minimum Gasteiger partial charge on any atom is -0.380 e. The maximum Gasteiger partial charge on any atom is 0.0547 e. The summed E-state index contributed by atoms with van der Waals surface area (Å²) in [6, 6.07) is 0. The van der Waals surface area contributed by atoms with Gasteiger partial charge in [0.2, 0.25) is 0 Å². The second-order valence-electron chi connectivity index (χ2n) is 5.82. The first kappa shape index (κ1) is 11.0. The number of hydrogen-bond donors (Lipinski definition) is 1. The van der Waals surface area contributed by atoms with Gasteiger partial charge in [-0.1, -0.05) is 6.42 Å². The van der Waals surface area contributed by atoms with Crippen LogP contribution in [0.25, 0.3) is 0 Å². The summed E-state index contributed by atoms with van der Waals surface area (Å²) in [7, 11) is 0. The van der Waals surface area contributed by atoms with Crippen LogP contribution in [0.5, 0.6) is 0 Å². The number of piperazine rings is 1. The molecule has 3 fully saturated rings. The summed E-state index contributed by atoms with van der Waals surface area (Å²) in [5.74, 6) is 0.990. The van der Waals surface area contributed by atoms with Gasteiger partial charge in [-0.25, -0.2) is 0 Å². The fraction of sp³-hybridized carbons (Fsp3) is 1.00. The molecule has 2 aliphatic heterocycles. The van der Waals surface area contributed by atoms with E-state index in [1.807, 2.05) is 0 Å². The Bertz CT molecular complexity index is 230. The highest BCUT2D eigenvalue weighted by Crippen LogP contribution is 2.48. The van der Waals surface area contributed by atoms with Gasteiger partial charge in [-0.3, -0.25) is 0 Å². The van der Waals surface area contributed by atoms with Crippen LogP contribution in [0.1, 0.15) is 25.7 Å². The third-order valence-corrected chi connectivity index (χ3v) is 4.89. The molecule has 1 N–H and O–H groups in total. The third-order valence-electron chi connectivity index (χ3n) is 4.89. The molecule has 0 radical (unpaired) electrons. The van der Waals surface area contributed by atoms with Gasteiger partial charge in [0.1, 0.15) is 0 Å². The second-order valence-corrected chi connectivity index (χ2v) is 5.82. The van der Waals surface area contributed by atoms with Gasteiger partial charge < -0.3 is 15.0 Å². The van der Waals surface area contributed by atoms with Crippen LogP contribution in [-0.2, 0) is 4.74 Å². The van der Waals surface area contributed by atoms with Crippen LogP contribution >= 0.6 is 0 Å². The van der Waals surface area contributed by atoms with E-state index in [0.29, 0.717) is 5.41 Å². The van der Waals surface area contributed by atoms with Gasteiger partial charge in [0.05, 0.1) is 13.2 Å². The molecule has 16 heavy (non-hydrogen) atoms. The Kier molecular flexibility index (Phi) is 3.18. The predicted octanol–water partition coefficient (Wildman–Crippen LogP) is 1.10. The van der Waals surface area contributed by atoms with Gasteiger partial charge in [0.25, 0.3) is 0 Å². The molecule has 0 atom stereocenters. The van der Waals surface area contributed by atoms with Crippen LogP contribution in [0.15, 0.2) is 0 Å². The first-order chi connectivity index (χ1) is 7.89. The molecule has 3 heteroatoms. The highest BCUT2D eigenvalue weighted by atomic mass is 16.5. The van der Waals surface area contributed by atoms with Gasteiger partial charge >= 0.3 is 0 Å². The summed E-state index contributed by atoms with van der Waals surface area (Å²) in [6.07, 6.45) is 5.76. The van der Waals surface area contributed by atoms with Crippen molar-refractivity contribution in [3.05, 3.63) is 0 Å². The molecule has 0 spiro atoms. The van der Waals surface area contributed by atoms with E-state index < -0.39 is 0 Å². The van der Waals surface area contributed by atoms with Crippen LogP contribution in [-0.4, -0.2) is 50.8 Å². The molecule has 0 amide bonds. The van der Waals surface area contributed by atoms with Gasteiger partial charge in [0.15, 0.2) is 0 Å². The molecule has 3 rings (SSSR count). The summed E-state index contributed by atoms with van der Waals surface area (Å²) in [5.41, 5.74) is 0.586. The minimum absolute atomic E-state index is 0.586. The molecule has 0 aromatic heterocycles. The Hall–Kier alpha value is -0.120. The highest BCUT2D eigenvalue weighted by molar-refractivity contribution is 4.96. The Morgan fingerprint density at radius 3 is 2.44 bits per heavy atom. The van der Waals surface area contributed by atoms with E-state index in [-0.39, 0.29) is 0 Å². The van der Waals surface area contributed by atoms with Crippen LogP contribution in [0.4, 0.5) is 0 Å². The van der Waals surface area contributed by atoms with Crippen LogP contribution in [0, 0.1) is 11.3 Å². The Morgan fingerprint density at radius 1 is 1.19 bits per heavy atom. The Labute approximate surface area is 98.5 Å².